The number of urea groups is 1. The number of hydrogen-bond acceptors (Lipinski definition) is 3. The summed E-state index contributed by atoms with van der Waals surface area (Å²) < 4.78 is 0. The minimum Gasteiger partial charge on any atom is -0.325 e. The lowest BCUT2D eigenvalue weighted by molar-refractivity contribution is -0.113. The Balaban J connectivity index is 1.60. The molecule has 3 amide bonds. The van der Waals surface area contributed by atoms with E-state index in [2.05, 4.69) is 15.3 Å². The van der Waals surface area contributed by atoms with Crippen molar-refractivity contribution in [2.75, 3.05) is 11.1 Å². The molecule has 1 aliphatic heterocycles. The van der Waals surface area contributed by atoms with Crippen LogP contribution in [0, 0.1) is 5.92 Å². The molecule has 1 aliphatic carbocycles. The topological polar surface area (TPSA) is 70.9 Å². The molecule has 0 aromatic heterocycles. The van der Waals surface area contributed by atoms with Crippen LogP contribution in [0.2, 0.25) is 10.0 Å². The third kappa shape index (κ3) is 4.13. The van der Waals surface area contributed by atoms with Gasteiger partial charge in [0.15, 0.2) is 0 Å². The zero-order valence-corrected chi connectivity index (χ0v) is 14.3. The molecular formula is C15H13Cl2N3O2S. The van der Waals surface area contributed by atoms with E-state index in [1.807, 2.05) is 0 Å². The van der Waals surface area contributed by atoms with E-state index in [1.54, 1.807) is 18.2 Å². The summed E-state index contributed by atoms with van der Waals surface area (Å²) in [6.45, 7) is 0. The number of hydrogen-bond donors (Lipinski definition) is 1. The second-order valence-electron chi connectivity index (χ2n) is 5.28. The van der Waals surface area contributed by atoms with Crippen LogP contribution in [-0.4, -0.2) is 28.4 Å². The minimum absolute atomic E-state index is 0.103. The molecule has 5 nitrogen and oxygen atoms in total. The summed E-state index contributed by atoms with van der Waals surface area (Å²) in [6, 6.07) is 4.37. The van der Waals surface area contributed by atoms with Gasteiger partial charge in [0.2, 0.25) is 5.91 Å². The van der Waals surface area contributed by atoms with E-state index < -0.39 is 6.03 Å². The van der Waals surface area contributed by atoms with E-state index in [1.165, 1.54) is 11.8 Å². The fourth-order valence-electron chi connectivity index (χ4n) is 2.64. The van der Waals surface area contributed by atoms with E-state index in [9.17, 15) is 9.59 Å². The molecule has 1 aromatic rings. The molecule has 1 saturated carbocycles. The molecule has 1 unspecified atom stereocenters. The third-order valence-corrected chi connectivity index (χ3v) is 5.08. The number of rotatable bonds is 3. The number of benzene rings is 1. The molecule has 1 fully saturated rings. The molecule has 0 saturated heterocycles. The zero-order chi connectivity index (χ0) is 16.4. The van der Waals surface area contributed by atoms with Crippen LogP contribution in [0.15, 0.2) is 28.2 Å². The predicted octanol–water partition coefficient (Wildman–Crippen LogP) is 4.44. The number of halogens is 2. The van der Waals surface area contributed by atoms with Gasteiger partial charge in [-0.25, -0.2) is 9.79 Å². The van der Waals surface area contributed by atoms with Crippen molar-refractivity contribution in [2.45, 2.75) is 19.3 Å². The number of nitrogens with zero attached hydrogens (tertiary/aromatic N) is 2. The van der Waals surface area contributed by atoms with Gasteiger partial charge >= 0.3 is 6.03 Å². The normalized spacial score (nSPS) is 19.9. The molecule has 0 bridgehead atoms. The summed E-state index contributed by atoms with van der Waals surface area (Å²) >= 11 is 13.1. The van der Waals surface area contributed by atoms with Crippen molar-refractivity contribution in [3.05, 3.63) is 28.2 Å². The number of thioether (sulfide) groups is 1. The summed E-state index contributed by atoms with van der Waals surface area (Å²) in [5.74, 6) is 0.0664. The molecule has 3 rings (SSSR count). The highest BCUT2D eigenvalue weighted by Gasteiger charge is 2.32. The second-order valence-corrected chi connectivity index (χ2v) is 7.14. The highest BCUT2D eigenvalue weighted by Crippen LogP contribution is 2.31. The Morgan fingerprint density at radius 2 is 2.00 bits per heavy atom. The van der Waals surface area contributed by atoms with E-state index in [0.717, 1.165) is 25.0 Å². The van der Waals surface area contributed by atoms with Crippen LogP contribution in [0.1, 0.15) is 19.3 Å². The second kappa shape index (κ2) is 7.03. The van der Waals surface area contributed by atoms with Gasteiger partial charge in [-0.2, -0.15) is 4.99 Å². The summed E-state index contributed by atoms with van der Waals surface area (Å²) in [5, 5.41) is 4.33. The predicted molar refractivity (Wildman–Crippen MR) is 95.2 cm³/mol. The van der Waals surface area contributed by atoms with Crippen molar-refractivity contribution in [3.63, 3.8) is 0 Å². The van der Waals surface area contributed by atoms with E-state index in [0.29, 0.717) is 20.8 Å². The molecule has 1 atom stereocenters. The monoisotopic (exact) mass is 369 g/mol. The first-order valence-corrected chi connectivity index (χ1v) is 8.84. The van der Waals surface area contributed by atoms with E-state index in [4.69, 9.17) is 23.2 Å². The standard InChI is InChI=1S/C15H13Cl2N3O2S/c16-8-4-9(17)6-10(5-8)18-13(21)7-23-14-11-2-1-3-12(11)19-15(22)20-14/h4-6,11H,1-3,7H2,(H,18,21). The SMILES string of the molecule is O=C1N=C2CCCC2C(SCC(=O)Nc2cc(Cl)cc(Cl)c2)=N1. The largest absolute Gasteiger partial charge is 0.367 e. The maximum Gasteiger partial charge on any atom is 0.367 e. The van der Waals surface area contributed by atoms with Gasteiger partial charge in [-0.05, 0) is 37.5 Å². The Hall–Kier alpha value is -1.37. The molecule has 8 heteroatoms. The van der Waals surface area contributed by atoms with Crippen molar-refractivity contribution in [3.8, 4) is 0 Å². The van der Waals surface area contributed by atoms with Crippen molar-refractivity contribution in [1.82, 2.24) is 0 Å². The number of nitrogens with one attached hydrogen (secondary N) is 1. The Bertz CT molecular complexity index is 713. The van der Waals surface area contributed by atoms with Gasteiger partial charge in [-0.3, -0.25) is 4.79 Å². The first-order chi connectivity index (χ1) is 11.0. The van der Waals surface area contributed by atoms with Gasteiger partial charge in [0, 0.05) is 27.4 Å². The van der Waals surface area contributed by atoms with E-state index >= 15 is 0 Å². The lowest BCUT2D eigenvalue weighted by Crippen LogP contribution is -2.24. The van der Waals surface area contributed by atoms with Crippen LogP contribution in [0.25, 0.3) is 0 Å². The van der Waals surface area contributed by atoms with Crippen LogP contribution >= 0.6 is 35.0 Å². The average molecular weight is 370 g/mol. The zero-order valence-electron chi connectivity index (χ0n) is 12.0. The number of fused-ring (bicyclic) bond motifs is 1. The van der Waals surface area contributed by atoms with Crippen molar-refractivity contribution in [1.29, 1.82) is 0 Å². The molecule has 120 valence electrons. The van der Waals surface area contributed by atoms with Gasteiger partial charge in [0.05, 0.1) is 10.8 Å². The highest BCUT2D eigenvalue weighted by atomic mass is 35.5. The molecule has 1 heterocycles. The fraction of sp³-hybridized carbons (Fsp3) is 0.333. The Morgan fingerprint density at radius 1 is 1.26 bits per heavy atom. The highest BCUT2D eigenvalue weighted by molar-refractivity contribution is 8.14. The van der Waals surface area contributed by atoms with Crippen LogP contribution < -0.4 is 5.32 Å². The minimum atomic E-state index is -0.470. The Kier molecular flexibility index (Phi) is 5.04. The van der Waals surface area contributed by atoms with Crippen LogP contribution in [-0.2, 0) is 4.79 Å². The summed E-state index contributed by atoms with van der Waals surface area (Å²) in [4.78, 5) is 31.5. The van der Waals surface area contributed by atoms with Gasteiger partial charge in [0.25, 0.3) is 0 Å². The third-order valence-electron chi connectivity index (χ3n) is 3.57. The Labute approximate surface area is 147 Å². The number of carbonyl (C=O) groups excluding carboxylic acids is 2. The lowest BCUT2D eigenvalue weighted by Gasteiger charge is -2.16. The van der Waals surface area contributed by atoms with Crippen LogP contribution in [0.4, 0.5) is 10.5 Å². The number of amides is 3. The van der Waals surface area contributed by atoms with Crippen molar-refractivity contribution >= 4 is 63.3 Å². The maximum absolute atomic E-state index is 12.1. The Morgan fingerprint density at radius 3 is 2.74 bits per heavy atom. The molecule has 0 spiro atoms. The molecule has 0 radical (unpaired) electrons. The molecule has 1 N–H and O–H groups in total. The van der Waals surface area contributed by atoms with Crippen molar-refractivity contribution in [2.24, 2.45) is 15.9 Å². The molecule has 1 aromatic carbocycles. The number of carbonyl (C=O) groups is 2. The van der Waals surface area contributed by atoms with Gasteiger partial charge in [-0.15, -0.1) is 0 Å². The molecule has 23 heavy (non-hydrogen) atoms. The average Bonchev–Trinajstić information content (AvgIpc) is 2.91. The lowest BCUT2D eigenvalue weighted by atomic mass is 10.1. The smallest absolute Gasteiger partial charge is 0.325 e. The van der Waals surface area contributed by atoms with Crippen LogP contribution in [0.3, 0.4) is 0 Å². The first-order valence-electron chi connectivity index (χ1n) is 7.10. The van der Waals surface area contributed by atoms with Gasteiger partial charge in [-0.1, -0.05) is 35.0 Å². The van der Waals surface area contributed by atoms with Crippen molar-refractivity contribution < 1.29 is 9.59 Å². The summed E-state index contributed by atoms with van der Waals surface area (Å²) in [5.41, 5.74) is 1.44. The van der Waals surface area contributed by atoms with E-state index in [-0.39, 0.29) is 17.6 Å². The maximum atomic E-state index is 12.1. The van der Waals surface area contributed by atoms with Crippen LogP contribution in [0.5, 0.6) is 0 Å². The summed E-state index contributed by atoms with van der Waals surface area (Å²) in [7, 11) is 0. The quantitative estimate of drug-likeness (QED) is 0.855. The summed E-state index contributed by atoms with van der Waals surface area (Å²) in [6.07, 6.45) is 2.77. The first kappa shape index (κ1) is 16.5. The van der Waals surface area contributed by atoms with Gasteiger partial charge < -0.3 is 5.32 Å². The number of aliphatic imine (C=N–C) groups is 2. The number of anilines is 1. The molecule has 2 aliphatic rings. The fourth-order valence-corrected chi connectivity index (χ4v) is 4.12. The molecular weight excluding hydrogens is 357 g/mol. The van der Waals surface area contributed by atoms with Gasteiger partial charge in [0.1, 0.15) is 0 Å².